The van der Waals surface area contributed by atoms with Crippen LogP contribution >= 0.6 is 11.6 Å². The molecule has 2 N–H and O–H groups in total. The standard InChI is InChI=1S/C15H9ClF3N3O/c16-10-5-1-4-9(15(17,18)19)12(10)22-14(23)11-7-8-3-2-6-20-13(8)21-11/h1-7H,(H,20,21)(H,22,23). The second-order valence-electron chi connectivity index (χ2n) is 4.74. The van der Waals surface area contributed by atoms with E-state index >= 15 is 0 Å². The Kier molecular flexibility index (Phi) is 3.73. The average molecular weight is 340 g/mol. The Morgan fingerprint density at radius 2 is 2.00 bits per heavy atom. The van der Waals surface area contributed by atoms with E-state index in [2.05, 4.69) is 15.3 Å². The number of benzene rings is 1. The summed E-state index contributed by atoms with van der Waals surface area (Å²) in [6.07, 6.45) is -3.09. The van der Waals surface area contributed by atoms with Crippen LogP contribution < -0.4 is 5.32 Å². The molecule has 1 aromatic carbocycles. The number of pyridine rings is 1. The van der Waals surface area contributed by atoms with E-state index < -0.39 is 23.3 Å². The molecule has 3 rings (SSSR count). The number of carbonyl (C=O) groups is 1. The molecule has 0 fully saturated rings. The molecule has 0 atom stereocenters. The van der Waals surface area contributed by atoms with Gasteiger partial charge in [0.15, 0.2) is 0 Å². The number of hydrogen-bond acceptors (Lipinski definition) is 2. The highest BCUT2D eigenvalue weighted by Crippen LogP contribution is 2.38. The zero-order chi connectivity index (χ0) is 16.6. The number of carbonyl (C=O) groups excluding carboxylic acids is 1. The van der Waals surface area contributed by atoms with Gasteiger partial charge in [-0.1, -0.05) is 17.7 Å². The number of halogens is 4. The van der Waals surface area contributed by atoms with Gasteiger partial charge in [-0.25, -0.2) is 4.98 Å². The highest BCUT2D eigenvalue weighted by Gasteiger charge is 2.35. The van der Waals surface area contributed by atoms with Gasteiger partial charge in [0.25, 0.3) is 5.91 Å². The van der Waals surface area contributed by atoms with Crippen molar-refractivity contribution in [3.63, 3.8) is 0 Å². The van der Waals surface area contributed by atoms with Gasteiger partial charge in [0.05, 0.1) is 16.3 Å². The first-order valence-corrected chi connectivity index (χ1v) is 6.85. The van der Waals surface area contributed by atoms with Crippen molar-refractivity contribution in [1.29, 1.82) is 0 Å². The van der Waals surface area contributed by atoms with Crippen molar-refractivity contribution < 1.29 is 18.0 Å². The van der Waals surface area contributed by atoms with E-state index in [9.17, 15) is 18.0 Å². The van der Waals surface area contributed by atoms with E-state index in [1.165, 1.54) is 24.4 Å². The van der Waals surface area contributed by atoms with Gasteiger partial charge < -0.3 is 10.3 Å². The number of nitrogens with zero attached hydrogens (tertiary/aromatic N) is 1. The molecular weight excluding hydrogens is 331 g/mol. The molecule has 4 nitrogen and oxygen atoms in total. The van der Waals surface area contributed by atoms with Crippen LogP contribution in [0.5, 0.6) is 0 Å². The Morgan fingerprint density at radius 1 is 1.22 bits per heavy atom. The van der Waals surface area contributed by atoms with Crippen LogP contribution in [0.2, 0.25) is 5.02 Å². The van der Waals surface area contributed by atoms with Gasteiger partial charge >= 0.3 is 6.18 Å². The Balaban J connectivity index is 1.97. The Morgan fingerprint density at radius 3 is 2.70 bits per heavy atom. The van der Waals surface area contributed by atoms with Crippen molar-refractivity contribution in [1.82, 2.24) is 9.97 Å². The second kappa shape index (κ2) is 5.58. The molecule has 0 aliphatic rings. The third-order valence-electron chi connectivity index (χ3n) is 3.19. The van der Waals surface area contributed by atoms with Crippen LogP contribution in [0.3, 0.4) is 0 Å². The van der Waals surface area contributed by atoms with Crippen LogP contribution in [-0.2, 0) is 6.18 Å². The first-order chi connectivity index (χ1) is 10.9. The monoisotopic (exact) mass is 339 g/mol. The maximum absolute atomic E-state index is 13.0. The molecule has 0 unspecified atom stereocenters. The van der Waals surface area contributed by atoms with E-state index in [0.29, 0.717) is 11.0 Å². The van der Waals surface area contributed by atoms with Crippen LogP contribution in [-0.4, -0.2) is 15.9 Å². The van der Waals surface area contributed by atoms with Gasteiger partial charge in [-0.3, -0.25) is 4.79 Å². The largest absolute Gasteiger partial charge is 0.418 e. The number of anilines is 1. The summed E-state index contributed by atoms with van der Waals surface area (Å²) in [6, 6.07) is 8.23. The van der Waals surface area contributed by atoms with Crippen molar-refractivity contribution in [3.05, 3.63) is 58.9 Å². The fourth-order valence-corrected chi connectivity index (χ4v) is 2.37. The number of aromatic nitrogens is 2. The van der Waals surface area contributed by atoms with Gasteiger partial charge in [0.1, 0.15) is 11.3 Å². The molecule has 2 aromatic heterocycles. The van der Waals surface area contributed by atoms with Crippen molar-refractivity contribution in [3.8, 4) is 0 Å². The number of rotatable bonds is 2. The summed E-state index contributed by atoms with van der Waals surface area (Å²) in [7, 11) is 0. The minimum Gasteiger partial charge on any atom is -0.335 e. The van der Waals surface area contributed by atoms with E-state index in [-0.39, 0.29) is 10.7 Å². The van der Waals surface area contributed by atoms with Crippen molar-refractivity contribution >= 4 is 34.2 Å². The van der Waals surface area contributed by atoms with E-state index in [0.717, 1.165) is 6.07 Å². The third-order valence-corrected chi connectivity index (χ3v) is 3.51. The van der Waals surface area contributed by atoms with Crippen molar-refractivity contribution in [2.24, 2.45) is 0 Å². The summed E-state index contributed by atoms with van der Waals surface area (Å²) in [5.74, 6) is -0.735. The number of alkyl halides is 3. The minimum atomic E-state index is -4.63. The third kappa shape index (κ3) is 3.00. The molecule has 0 saturated heterocycles. The normalized spacial score (nSPS) is 11.7. The van der Waals surface area contributed by atoms with Crippen molar-refractivity contribution in [2.45, 2.75) is 6.18 Å². The van der Waals surface area contributed by atoms with Crippen LogP contribution in [0.1, 0.15) is 16.1 Å². The lowest BCUT2D eigenvalue weighted by Gasteiger charge is -2.14. The van der Waals surface area contributed by atoms with Gasteiger partial charge in [0, 0.05) is 11.6 Å². The average Bonchev–Trinajstić information content (AvgIpc) is 2.92. The predicted molar refractivity (Wildman–Crippen MR) is 80.5 cm³/mol. The lowest BCUT2D eigenvalue weighted by molar-refractivity contribution is -0.136. The molecular formula is C15H9ClF3N3O. The summed E-state index contributed by atoms with van der Waals surface area (Å²) in [5, 5.41) is 2.69. The second-order valence-corrected chi connectivity index (χ2v) is 5.15. The number of fused-ring (bicyclic) bond motifs is 1. The van der Waals surface area contributed by atoms with Gasteiger partial charge in [-0.15, -0.1) is 0 Å². The molecule has 0 radical (unpaired) electrons. The predicted octanol–water partition coefficient (Wildman–Crippen LogP) is 4.49. The number of H-pyrrole nitrogens is 1. The summed E-state index contributed by atoms with van der Waals surface area (Å²) in [4.78, 5) is 19.0. The van der Waals surface area contributed by atoms with E-state index in [4.69, 9.17) is 11.6 Å². The van der Waals surface area contributed by atoms with Gasteiger partial charge in [-0.05, 0) is 30.3 Å². The first-order valence-electron chi connectivity index (χ1n) is 6.47. The van der Waals surface area contributed by atoms with Crippen LogP contribution in [0.15, 0.2) is 42.6 Å². The molecule has 23 heavy (non-hydrogen) atoms. The highest BCUT2D eigenvalue weighted by molar-refractivity contribution is 6.34. The molecule has 2 heterocycles. The molecule has 8 heteroatoms. The zero-order valence-corrected chi connectivity index (χ0v) is 12.2. The molecule has 0 bridgehead atoms. The Labute approximate surface area is 133 Å². The molecule has 0 aliphatic heterocycles. The Bertz CT molecular complexity index is 856. The fraction of sp³-hybridized carbons (Fsp3) is 0.0667. The summed E-state index contributed by atoms with van der Waals surface area (Å²) < 4.78 is 39.1. The first kappa shape index (κ1) is 15.4. The molecule has 118 valence electrons. The van der Waals surface area contributed by atoms with E-state index in [1.807, 2.05) is 0 Å². The quantitative estimate of drug-likeness (QED) is 0.723. The summed E-state index contributed by atoms with van der Waals surface area (Å²) >= 11 is 5.81. The zero-order valence-electron chi connectivity index (χ0n) is 11.4. The topological polar surface area (TPSA) is 57.8 Å². The number of hydrogen-bond donors (Lipinski definition) is 2. The smallest absolute Gasteiger partial charge is 0.335 e. The lowest BCUT2D eigenvalue weighted by Crippen LogP contribution is -2.17. The fourth-order valence-electron chi connectivity index (χ4n) is 2.15. The van der Waals surface area contributed by atoms with Crippen LogP contribution in [0, 0.1) is 0 Å². The molecule has 3 aromatic rings. The highest BCUT2D eigenvalue weighted by atomic mass is 35.5. The molecule has 0 aliphatic carbocycles. The summed E-state index contributed by atoms with van der Waals surface area (Å²) in [5.41, 5.74) is -0.925. The van der Waals surface area contributed by atoms with Crippen LogP contribution in [0.25, 0.3) is 11.0 Å². The maximum atomic E-state index is 13.0. The number of amides is 1. The number of nitrogens with one attached hydrogen (secondary N) is 2. The lowest BCUT2D eigenvalue weighted by atomic mass is 10.1. The van der Waals surface area contributed by atoms with Crippen LogP contribution in [0.4, 0.5) is 18.9 Å². The molecule has 0 saturated carbocycles. The van der Waals surface area contributed by atoms with Gasteiger partial charge in [0.2, 0.25) is 0 Å². The molecule has 1 amide bonds. The Hall–Kier alpha value is -2.54. The minimum absolute atomic E-state index is 0.0896. The molecule has 0 spiro atoms. The van der Waals surface area contributed by atoms with E-state index in [1.54, 1.807) is 12.1 Å². The van der Waals surface area contributed by atoms with Crippen molar-refractivity contribution in [2.75, 3.05) is 5.32 Å². The maximum Gasteiger partial charge on any atom is 0.418 e. The summed E-state index contributed by atoms with van der Waals surface area (Å²) in [6.45, 7) is 0. The van der Waals surface area contributed by atoms with Gasteiger partial charge in [-0.2, -0.15) is 13.2 Å². The SMILES string of the molecule is O=C(Nc1c(Cl)cccc1C(F)(F)F)c1cc2cccnc2[nH]1. The number of aromatic amines is 1. The number of para-hydroxylation sites is 1.